The first-order valence-electron chi connectivity index (χ1n) is 8.32. The number of nitrogens with zero attached hydrogens (tertiary/aromatic N) is 1. The first-order chi connectivity index (χ1) is 13.4. The number of hydrogen-bond acceptors (Lipinski definition) is 5. The number of nitrogens with one attached hydrogen (secondary N) is 2. The van der Waals surface area contributed by atoms with E-state index in [1.54, 1.807) is 12.1 Å². The zero-order chi connectivity index (χ0) is 20.1. The number of aromatic nitrogens is 2. The van der Waals surface area contributed by atoms with Crippen LogP contribution in [0.25, 0.3) is 10.8 Å². The van der Waals surface area contributed by atoms with Crippen LogP contribution < -0.4 is 16.4 Å². The smallest absolute Gasteiger partial charge is 0.328 e. The fourth-order valence-electron chi connectivity index (χ4n) is 2.53. The van der Waals surface area contributed by atoms with Crippen molar-refractivity contribution in [3.05, 3.63) is 80.6 Å². The average Bonchev–Trinajstić information content (AvgIpc) is 2.70. The van der Waals surface area contributed by atoms with Crippen LogP contribution in [0.15, 0.2) is 58.1 Å². The summed E-state index contributed by atoms with van der Waals surface area (Å²) in [6.45, 7) is -0.940. The summed E-state index contributed by atoms with van der Waals surface area (Å²) in [4.78, 5) is 48.0. The maximum Gasteiger partial charge on any atom is 0.328 e. The molecule has 2 aromatic carbocycles. The average molecular weight is 385 g/mol. The summed E-state index contributed by atoms with van der Waals surface area (Å²) in [5, 5.41) is 5.22. The van der Waals surface area contributed by atoms with E-state index < -0.39 is 36.1 Å². The van der Waals surface area contributed by atoms with E-state index in [0.29, 0.717) is 5.56 Å². The van der Waals surface area contributed by atoms with Gasteiger partial charge in [0.25, 0.3) is 17.0 Å². The van der Waals surface area contributed by atoms with E-state index in [-0.39, 0.29) is 23.1 Å². The highest BCUT2D eigenvalue weighted by molar-refractivity contribution is 5.81. The zero-order valence-electron chi connectivity index (χ0n) is 14.6. The lowest BCUT2D eigenvalue weighted by molar-refractivity contribution is -0.149. The van der Waals surface area contributed by atoms with Gasteiger partial charge in [0.15, 0.2) is 6.61 Å². The van der Waals surface area contributed by atoms with E-state index in [1.807, 2.05) is 0 Å². The van der Waals surface area contributed by atoms with Crippen molar-refractivity contribution in [2.75, 3.05) is 6.61 Å². The Morgan fingerprint density at radius 3 is 2.43 bits per heavy atom. The fraction of sp³-hybridized carbons (Fsp3) is 0.158. The molecular formula is C19H16FN3O5. The van der Waals surface area contributed by atoms with Gasteiger partial charge in [-0.25, -0.2) is 9.07 Å². The standard InChI is InChI=1S/C19H16FN3O5/c20-13-7-5-12(6-8-13)9-21-16(24)11-28-17(25)10-23-19(27)15-4-2-1-3-14(15)18(26)22-23/h1-8H,9-11H2,(H,21,24)(H,22,26). The number of amides is 1. The van der Waals surface area contributed by atoms with Crippen LogP contribution in [0.4, 0.5) is 4.39 Å². The lowest BCUT2D eigenvalue weighted by Gasteiger charge is -2.08. The van der Waals surface area contributed by atoms with E-state index >= 15 is 0 Å². The van der Waals surface area contributed by atoms with Crippen molar-refractivity contribution >= 4 is 22.6 Å². The molecule has 1 heterocycles. The number of H-pyrrole nitrogens is 1. The SMILES string of the molecule is O=C(COC(=O)Cn1[nH]c(=O)c2ccccc2c1=O)NCc1ccc(F)cc1. The second kappa shape index (κ2) is 8.30. The molecule has 0 radical (unpaired) electrons. The quantitative estimate of drug-likeness (QED) is 0.607. The summed E-state index contributed by atoms with van der Waals surface area (Å²) >= 11 is 0. The molecule has 1 aromatic heterocycles. The fourth-order valence-corrected chi connectivity index (χ4v) is 2.53. The molecule has 0 saturated carbocycles. The maximum atomic E-state index is 12.8. The molecule has 28 heavy (non-hydrogen) atoms. The molecule has 2 N–H and O–H groups in total. The van der Waals surface area contributed by atoms with Crippen LogP contribution in [-0.4, -0.2) is 28.3 Å². The van der Waals surface area contributed by atoms with Crippen molar-refractivity contribution in [3.63, 3.8) is 0 Å². The van der Waals surface area contributed by atoms with Gasteiger partial charge in [0.2, 0.25) is 0 Å². The Balaban J connectivity index is 1.56. The van der Waals surface area contributed by atoms with E-state index in [9.17, 15) is 23.6 Å². The predicted octanol–water partition coefficient (Wildman–Crippen LogP) is 0.688. The van der Waals surface area contributed by atoms with Crippen molar-refractivity contribution in [1.82, 2.24) is 15.1 Å². The van der Waals surface area contributed by atoms with Gasteiger partial charge in [-0.15, -0.1) is 0 Å². The first-order valence-corrected chi connectivity index (χ1v) is 8.32. The molecule has 3 aromatic rings. The molecule has 0 fully saturated rings. The normalized spacial score (nSPS) is 10.6. The van der Waals surface area contributed by atoms with Gasteiger partial charge in [-0.2, -0.15) is 0 Å². The van der Waals surface area contributed by atoms with Crippen LogP contribution in [-0.2, 0) is 27.4 Å². The first kappa shape index (κ1) is 19.0. The Morgan fingerprint density at radius 1 is 1.04 bits per heavy atom. The van der Waals surface area contributed by atoms with Gasteiger partial charge >= 0.3 is 5.97 Å². The van der Waals surface area contributed by atoms with Crippen molar-refractivity contribution in [3.8, 4) is 0 Å². The lowest BCUT2D eigenvalue weighted by atomic mass is 10.2. The van der Waals surface area contributed by atoms with Crippen LogP contribution in [0.2, 0.25) is 0 Å². The minimum Gasteiger partial charge on any atom is -0.454 e. The lowest BCUT2D eigenvalue weighted by Crippen LogP contribution is -2.34. The third-order valence-corrected chi connectivity index (χ3v) is 3.94. The van der Waals surface area contributed by atoms with Gasteiger partial charge < -0.3 is 10.1 Å². The molecule has 0 aliphatic heterocycles. The van der Waals surface area contributed by atoms with Crippen molar-refractivity contribution < 1.29 is 18.7 Å². The number of carbonyl (C=O) groups is 2. The van der Waals surface area contributed by atoms with Gasteiger partial charge in [0, 0.05) is 6.54 Å². The number of benzene rings is 2. The Bertz CT molecular complexity index is 1130. The molecule has 0 spiro atoms. The Hall–Kier alpha value is -3.75. The molecule has 0 bridgehead atoms. The highest BCUT2D eigenvalue weighted by Gasteiger charge is 2.12. The van der Waals surface area contributed by atoms with Gasteiger partial charge in [0.05, 0.1) is 10.8 Å². The largest absolute Gasteiger partial charge is 0.454 e. The highest BCUT2D eigenvalue weighted by Crippen LogP contribution is 2.03. The summed E-state index contributed by atoms with van der Waals surface area (Å²) in [6.07, 6.45) is 0. The zero-order valence-corrected chi connectivity index (χ0v) is 14.6. The number of carbonyl (C=O) groups excluding carboxylic acids is 2. The molecule has 3 rings (SSSR count). The minimum absolute atomic E-state index is 0.147. The molecule has 0 aliphatic rings. The number of fused-ring (bicyclic) bond motifs is 1. The monoisotopic (exact) mass is 385 g/mol. The topological polar surface area (TPSA) is 110 Å². The van der Waals surface area contributed by atoms with Gasteiger partial charge in [0.1, 0.15) is 12.4 Å². The summed E-state index contributed by atoms with van der Waals surface area (Å²) in [5.74, 6) is -1.80. The number of esters is 1. The minimum atomic E-state index is -0.857. The van der Waals surface area contributed by atoms with E-state index in [0.717, 1.165) is 4.68 Å². The van der Waals surface area contributed by atoms with E-state index in [2.05, 4.69) is 10.4 Å². The maximum absolute atomic E-state index is 12.8. The van der Waals surface area contributed by atoms with Crippen LogP contribution >= 0.6 is 0 Å². The molecule has 0 unspecified atom stereocenters. The Kier molecular flexibility index (Phi) is 5.64. The molecule has 0 saturated heterocycles. The summed E-state index contributed by atoms with van der Waals surface area (Å²) < 4.78 is 18.5. The molecule has 9 heteroatoms. The molecule has 144 valence electrons. The highest BCUT2D eigenvalue weighted by atomic mass is 19.1. The second-order valence-corrected chi connectivity index (χ2v) is 5.94. The molecule has 8 nitrogen and oxygen atoms in total. The van der Waals surface area contributed by atoms with Gasteiger partial charge in [-0.05, 0) is 29.8 Å². The number of aromatic amines is 1. The van der Waals surface area contributed by atoms with Crippen LogP contribution in [0.1, 0.15) is 5.56 Å². The second-order valence-electron chi connectivity index (χ2n) is 5.94. The molecule has 0 atom stereocenters. The van der Waals surface area contributed by atoms with E-state index in [4.69, 9.17) is 4.74 Å². The third kappa shape index (κ3) is 4.50. The van der Waals surface area contributed by atoms with Gasteiger partial charge in [-0.3, -0.25) is 24.3 Å². The van der Waals surface area contributed by atoms with E-state index in [1.165, 1.54) is 36.4 Å². The van der Waals surface area contributed by atoms with Crippen molar-refractivity contribution in [1.29, 1.82) is 0 Å². The molecule has 0 aliphatic carbocycles. The molecule has 1 amide bonds. The van der Waals surface area contributed by atoms with Crippen LogP contribution in [0.3, 0.4) is 0 Å². The number of ether oxygens (including phenoxy) is 1. The van der Waals surface area contributed by atoms with Crippen molar-refractivity contribution in [2.24, 2.45) is 0 Å². The predicted molar refractivity (Wildman–Crippen MR) is 98.0 cm³/mol. The molecular weight excluding hydrogens is 369 g/mol. The van der Waals surface area contributed by atoms with Crippen molar-refractivity contribution in [2.45, 2.75) is 13.1 Å². The number of rotatable bonds is 6. The van der Waals surface area contributed by atoms with Crippen LogP contribution in [0.5, 0.6) is 0 Å². The Morgan fingerprint density at radius 2 is 1.71 bits per heavy atom. The summed E-state index contributed by atoms with van der Waals surface area (Å²) in [7, 11) is 0. The summed E-state index contributed by atoms with van der Waals surface area (Å²) in [6, 6.07) is 11.8. The van der Waals surface area contributed by atoms with Crippen LogP contribution in [0, 0.1) is 5.82 Å². The summed E-state index contributed by atoms with van der Waals surface area (Å²) in [5.41, 5.74) is -0.380. The number of halogens is 1. The van der Waals surface area contributed by atoms with Gasteiger partial charge in [-0.1, -0.05) is 24.3 Å². The Labute approximate surface area is 157 Å². The third-order valence-electron chi connectivity index (χ3n) is 3.94. The number of hydrogen-bond donors (Lipinski definition) is 2.